The van der Waals surface area contributed by atoms with Crippen LogP contribution in [0.2, 0.25) is 0 Å². The number of Topliss-reactive ketones (excluding diaryl/α,β-unsaturated/α-hetero) is 1. The Hall–Kier alpha value is -1.97. The zero-order valence-corrected chi connectivity index (χ0v) is 8.77. The maximum Gasteiger partial charge on any atom is 0.160 e. The third-order valence-corrected chi connectivity index (χ3v) is 2.43. The molecule has 0 saturated heterocycles. The summed E-state index contributed by atoms with van der Waals surface area (Å²) in [4.78, 5) is 26.0. The number of amides is 1. The van der Waals surface area contributed by atoms with Gasteiger partial charge in [0.05, 0.1) is 6.10 Å². The van der Waals surface area contributed by atoms with Crippen LogP contribution in [0.1, 0.15) is 22.8 Å². The highest BCUT2D eigenvalue weighted by molar-refractivity contribution is 5.96. The molecule has 1 unspecified atom stereocenters. The second-order valence-electron chi connectivity index (χ2n) is 3.57. The van der Waals surface area contributed by atoms with E-state index in [1.807, 2.05) is 12.1 Å². The van der Waals surface area contributed by atoms with Crippen LogP contribution in [0.3, 0.4) is 0 Å². The van der Waals surface area contributed by atoms with Crippen molar-refractivity contribution in [1.82, 2.24) is 0 Å². The molecule has 0 bridgehead atoms. The molecule has 0 aromatic heterocycles. The van der Waals surface area contributed by atoms with E-state index in [-0.39, 0.29) is 11.7 Å². The van der Waals surface area contributed by atoms with Crippen molar-refractivity contribution in [2.24, 2.45) is 4.99 Å². The van der Waals surface area contributed by atoms with E-state index in [9.17, 15) is 9.59 Å². The minimum absolute atomic E-state index is 0.0223. The third-order valence-electron chi connectivity index (χ3n) is 2.43. The fourth-order valence-corrected chi connectivity index (χ4v) is 1.63. The highest BCUT2D eigenvalue weighted by Gasteiger charge is 2.16. The molecule has 4 nitrogen and oxygen atoms in total. The largest absolute Gasteiger partial charge is 0.577 e. The lowest BCUT2D eigenvalue weighted by Gasteiger charge is -2.15. The molecule has 0 fully saturated rings. The zero-order chi connectivity index (χ0) is 11.5. The van der Waals surface area contributed by atoms with Gasteiger partial charge in [-0.1, -0.05) is 24.3 Å². The van der Waals surface area contributed by atoms with Crippen LogP contribution >= 0.6 is 0 Å². The first-order chi connectivity index (χ1) is 7.68. The molecule has 0 N–H and O–H groups in total. The monoisotopic (exact) mass is 216 g/mol. The highest BCUT2D eigenvalue weighted by atomic mass is 16.5. The molecular formula is C12H10NO3-. The fourth-order valence-electron chi connectivity index (χ4n) is 1.63. The second-order valence-corrected chi connectivity index (χ2v) is 3.57. The van der Waals surface area contributed by atoms with Crippen LogP contribution in [-0.4, -0.2) is 24.2 Å². The van der Waals surface area contributed by atoms with Gasteiger partial charge in [-0.15, -0.1) is 0 Å². The number of carbonyl (C=O) groups is 2. The van der Waals surface area contributed by atoms with E-state index in [2.05, 4.69) is 11.4 Å². The molecule has 2 rings (SSSR count). The average molecular weight is 216 g/mol. The first kappa shape index (κ1) is 10.5. The molecule has 1 heterocycles. The van der Waals surface area contributed by atoms with Crippen LogP contribution < -0.4 is 0 Å². The highest BCUT2D eigenvalue weighted by Crippen LogP contribution is 2.15. The standard InChI is InChI=1S/C12H10NO3/c1-8(14)10-5-3-2-4-9(10)6-11-12(15)13-7-16-11/h2-5,11H,6H2,1H3/q-1. The van der Waals surface area contributed by atoms with Gasteiger partial charge in [0.25, 0.3) is 0 Å². The van der Waals surface area contributed by atoms with Crippen molar-refractivity contribution in [3.8, 4) is 0 Å². The second kappa shape index (κ2) is 4.26. The van der Waals surface area contributed by atoms with Crippen LogP contribution in [0.4, 0.5) is 0 Å². The molecule has 0 spiro atoms. The summed E-state index contributed by atoms with van der Waals surface area (Å²) in [6, 6.07) is 7.17. The number of hydrogen-bond donors (Lipinski definition) is 0. The molecule has 1 amide bonds. The average Bonchev–Trinajstić information content (AvgIpc) is 2.65. The molecule has 1 aromatic rings. The summed E-state index contributed by atoms with van der Waals surface area (Å²) >= 11 is 0. The number of rotatable bonds is 3. The van der Waals surface area contributed by atoms with Gasteiger partial charge < -0.3 is 14.5 Å². The van der Waals surface area contributed by atoms with Crippen molar-refractivity contribution in [1.29, 1.82) is 0 Å². The van der Waals surface area contributed by atoms with Gasteiger partial charge in [0, 0.05) is 18.4 Å². The number of nitrogens with zero attached hydrogens (tertiary/aromatic N) is 1. The first-order valence-corrected chi connectivity index (χ1v) is 4.92. The normalized spacial score (nSPS) is 18.6. The summed E-state index contributed by atoms with van der Waals surface area (Å²) in [6.45, 7) is 1.50. The Balaban J connectivity index is 2.21. The molecule has 1 aliphatic rings. The van der Waals surface area contributed by atoms with Crippen LogP contribution in [0, 0.1) is 0 Å². The van der Waals surface area contributed by atoms with Crippen LogP contribution in [0.5, 0.6) is 0 Å². The Morgan fingerprint density at radius 2 is 2.25 bits per heavy atom. The van der Waals surface area contributed by atoms with E-state index in [4.69, 9.17) is 4.74 Å². The summed E-state index contributed by atoms with van der Waals surface area (Å²) in [7, 11) is 0. The summed E-state index contributed by atoms with van der Waals surface area (Å²) in [5.41, 5.74) is 1.41. The lowest BCUT2D eigenvalue weighted by atomic mass is 9.99. The number of aliphatic imine (C=N–C) groups is 1. The summed E-state index contributed by atoms with van der Waals surface area (Å²) in [5.74, 6) is -0.371. The number of ether oxygens (including phenoxy) is 1. The molecule has 16 heavy (non-hydrogen) atoms. The van der Waals surface area contributed by atoms with Gasteiger partial charge in [-0.05, 0) is 12.5 Å². The summed E-state index contributed by atoms with van der Waals surface area (Å²) in [5, 5.41) is 0. The summed E-state index contributed by atoms with van der Waals surface area (Å²) in [6.07, 6.45) is 1.90. The molecule has 1 atom stereocenters. The number of ketones is 1. The first-order valence-electron chi connectivity index (χ1n) is 4.92. The molecule has 1 aromatic carbocycles. The Kier molecular flexibility index (Phi) is 2.81. The lowest BCUT2D eigenvalue weighted by molar-refractivity contribution is -0.122. The van der Waals surface area contributed by atoms with E-state index < -0.39 is 6.10 Å². The van der Waals surface area contributed by atoms with Gasteiger partial charge in [-0.25, -0.2) is 0 Å². The Morgan fingerprint density at radius 1 is 1.50 bits per heavy atom. The Bertz CT molecular complexity index is 465. The Morgan fingerprint density at radius 3 is 2.88 bits per heavy atom. The third kappa shape index (κ3) is 2.00. The van der Waals surface area contributed by atoms with Gasteiger partial charge in [-0.2, -0.15) is 0 Å². The lowest BCUT2D eigenvalue weighted by Crippen LogP contribution is -2.20. The molecule has 82 valence electrons. The quantitative estimate of drug-likeness (QED) is 0.564. The molecule has 0 aliphatic carbocycles. The van der Waals surface area contributed by atoms with E-state index >= 15 is 0 Å². The maximum absolute atomic E-state index is 11.4. The predicted octanol–water partition coefficient (Wildman–Crippen LogP) is 1.26. The van der Waals surface area contributed by atoms with Crippen molar-refractivity contribution >= 4 is 18.1 Å². The van der Waals surface area contributed by atoms with Crippen molar-refractivity contribution in [2.45, 2.75) is 19.4 Å². The van der Waals surface area contributed by atoms with E-state index in [0.29, 0.717) is 12.0 Å². The van der Waals surface area contributed by atoms with Gasteiger partial charge >= 0.3 is 0 Å². The number of hydrogen-bond acceptors (Lipinski definition) is 3. The van der Waals surface area contributed by atoms with Crippen molar-refractivity contribution in [3.63, 3.8) is 0 Å². The number of benzene rings is 1. The van der Waals surface area contributed by atoms with Gasteiger partial charge in [-0.3, -0.25) is 4.79 Å². The molecule has 4 heteroatoms. The molecular weight excluding hydrogens is 206 g/mol. The minimum Gasteiger partial charge on any atom is -0.577 e. The van der Waals surface area contributed by atoms with Crippen molar-refractivity contribution < 1.29 is 14.3 Å². The summed E-state index contributed by atoms with van der Waals surface area (Å²) < 4.78 is 4.93. The van der Waals surface area contributed by atoms with Crippen LogP contribution in [0.15, 0.2) is 29.3 Å². The smallest absolute Gasteiger partial charge is 0.160 e. The fraction of sp³-hybridized carbons (Fsp3) is 0.250. The predicted molar refractivity (Wildman–Crippen MR) is 57.5 cm³/mol. The van der Waals surface area contributed by atoms with Gasteiger partial charge in [0.1, 0.15) is 5.91 Å². The van der Waals surface area contributed by atoms with Crippen LogP contribution in [-0.2, 0) is 16.0 Å². The molecule has 1 aliphatic heterocycles. The molecule has 0 radical (unpaired) electrons. The zero-order valence-electron chi connectivity index (χ0n) is 8.77. The topological polar surface area (TPSA) is 55.7 Å². The van der Waals surface area contributed by atoms with E-state index in [1.54, 1.807) is 12.1 Å². The Labute approximate surface area is 92.9 Å². The molecule has 0 saturated carbocycles. The van der Waals surface area contributed by atoms with Crippen LogP contribution in [0.25, 0.3) is 0 Å². The van der Waals surface area contributed by atoms with Gasteiger partial charge in [0.15, 0.2) is 5.78 Å². The SMILES string of the molecule is CC(=O)c1ccccc1CC1O[C-]=NC1=O. The van der Waals surface area contributed by atoms with E-state index in [0.717, 1.165) is 5.56 Å². The van der Waals surface area contributed by atoms with Crippen molar-refractivity contribution in [2.75, 3.05) is 0 Å². The van der Waals surface area contributed by atoms with E-state index in [1.165, 1.54) is 6.92 Å². The maximum atomic E-state index is 11.4. The minimum atomic E-state index is -0.638. The van der Waals surface area contributed by atoms with Crippen molar-refractivity contribution in [3.05, 3.63) is 35.4 Å². The number of carbonyl (C=O) groups excluding carboxylic acids is 2. The van der Waals surface area contributed by atoms with Gasteiger partial charge in [0.2, 0.25) is 0 Å².